The van der Waals surface area contributed by atoms with Gasteiger partial charge in [0.2, 0.25) is 0 Å². The number of benzene rings is 1. The first-order valence-corrected chi connectivity index (χ1v) is 6.91. The number of anilines is 1. The van der Waals surface area contributed by atoms with Crippen molar-refractivity contribution >= 4 is 34.0 Å². The highest BCUT2D eigenvalue weighted by atomic mass is 127. The first-order chi connectivity index (χ1) is 8.63. The van der Waals surface area contributed by atoms with Gasteiger partial charge in [0, 0.05) is 31.5 Å². The number of hydrogen-bond acceptors (Lipinski definition) is 4. The van der Waals surface area contributed by atoms with Crippen molar-refractivity contribution in [1.29, 1.82) is 0 Å². The maximum Gasteiger partial charge on any atom is 0.282 e. The van der Waals surface area contributed by atoms with Gasteiger partial charge in [-0.3, -0.25) is 10.1 Å². The summed E-state index contributed by atoms with van der Waals surface area (Å²) in [5.74, 6) is 0. The fourth-order valence-electron chi connectivity index (χ4n) is 1.92. The number of hydrogen-bond donors (Lipinski definition) is 0. The van der Waals surface area contributed by atoms with Crippen molar-refractivity contribution in [2.45, 2.75) is 18.9 Å². The van der Waals surface area contributed by atoms with Crippen molar-refractivity contribution in [3.63, 3.8) is 0 Å². The van der Waals surface area contributed by atoms with Crippen LogP contribution in [0.4, 0.5) is 11.4 Å². The lowest BCUT2D eigenvalue weighted by atomic mass is 10.2. The van der Waals surface area contributed by atoms with E-state index in [4.69, 9.17) is 4.74 Å². The molecule has 0 aromatic heterocycles. The summed E-state index contributed by atoms with van der Waals surface area (Å²) in [7, 11) is 1.69. The third-order valence-corrected chi connectivity index (χ3v) is 3.85. The maximum atomic E-state index is 10.8. The monoisotopic (exact) mass is 362 g/mol. The lowest BCUT2D eigenvalue weighted by Crippen LogP contribution is -2.29. The van der Waals surface area contributed by atoms with Crippen LogP contribution in [0.5, 0.6) is 0 Å². The molecule has 1 aromatic rings. The van der Waals surface area contributed by atoms with Crippen LogP contribution in [0, 0.1) is 13.7 Å². The molecule has 0 aliphatic heterocycles. The largest absolute Gasteiger partial charge is 0.383 e. The predicted octanol–water partition coefficient (Wildman–Crippen LogP) is 2.81. The van der Waals surface area contributed by atoms with Crippen molar-refractivity contribution in [3.05, 3.63) is 31.9 Å². The highest BCUT2D eigenvalue weighted by Gasteiger charge is 2.29. The molecule has 6 heteroatoms. The third-order valence-electron chi connectivity index (χ3n) is 2.98. The van der Waals surface area contributed by atoms with Crippen LogP contribution in [0.1, 0.15) is 12.8 Å². The summed E-state index contributed by atoms with van der Waals surface area (Å²) in [6, 6.07) is 5.86. The molecule has 0 heterocycles. The number of halogens is 1. The average molecular weight is 362 g/mol. The molecule has 0 N–H and O–H groups in total. The second kappa shape index (κ2) is 5.83. The van der Waals surface area contributed by atoms with Gasteiger partial charge in [-0.2, -0.15) is 0 Å². The number of nitro groups is 1. The molecule has 5 nitrogen and oxygen atoms in total. The lowest BCUT2D eigenvalue weighted by molar-refractivity contribution is -0.385. The van der Waals surface area contributed by atoms with E-state index in [2.05, 4.69) is 4.90 Å². The van der Waals surface area contributed by atoms with E-state index in [1.54, 1.807) is 13.2 Å². The molecule has 2 rings (SSSR count). The minimum atomic E-state index is -0.345. The lowest BCUT2D eigenvalue weighted by Gasteiger charge is -2.24. The van der Waals surface area contributed by atoms with Crippen LogP contribution >= 0.6 is 22.6 Å². The summed E-state index contributed by atoms with van der Waals surface area (Å²) < 4.78 is 5.79. The highest BCUT2D eigenvalue weighted by Crippen LogP contribution is 2.34. The molecule has 0 radical (unpaired) electrons. The summed E-state index contributed by atoms with van der Waals surface area (Å²) in [6.45, 7) is 1.50. The predicted molar refractivity (Wildman–Crippen MR) is 78.1 cm³/mol. The van der Waals surface area contributed by atoms with Gasteiger partial charge in [-0.15, -0.1) is 0 Å². The third kappa shape index (κ3) is 3.11. The van der Waals surface area contributed by atoms with Crippen molar-refractivity contribution in [2.75, 3.05) is 25.2 Å². The zero-order valence-corrected chi connectivity index (χ0v) is 12.3. The Bertz CT molecular complexity index is 449. The van der Waals surface area contributed by atoms with E-state index in [0.29, 0.717) is 16.2 Å². The maximum absolute atomic E-state index is 10.8. The van der Waals surface area contributed by atoms with Gasteiger partial charge < -0.3 is 9.64 Å². The summed E-state index contributed by atoms with van der Waals surface area (Å²) >= 11 is 2.02. The van der Waals surface area contributed by atoms with E-state index in [1.165, 1.54) is 12.8 Å². The van der Waals surface area contributed by atoms with Crippen LogP contribution in [0.3, 0.4) is 0 Å². The van der Waals surface area contributed by atoms with Crippen LogP contribution < -0.4 is 4.90 Å². The molecule has 0 spiro atoms. The number of nitrogens with zero attached hydrogens (tertiary/aromatic N) is 2. The molecule has 0 atom stereocenters. The normalized spacial score (nSPS) is 14.6. The second-order valence-corrected chi connectivity index (χ2v) is 5.47. The van der Waals surface area contributed by atoms with Crippen LogP contribution in [0.25, 0.3) is 0 Å². The van der Waals surface area contributed by atoms with Gasteiger partial charge in [-0.05, 0) is 47.6 Å². The minimum Gasteiger partial charge on any atom is -0.383 e. The van der Waals surface area contributed by atoms with Gasteiger partial charge in [-0.1, -0.05) is 0 Å². The Balaban J connectivity index is 2.19. The molecule has 98 valence electrons. The quantitative estimate of drug-likeness (QED) is 0.444. The Morgan fingerprint density at radius 1 is 1.56 bits per heavy atom. The van der Waals surface area contributed by atoms with E-state index >= 15 is 0 Å². The molecular formula is C12H15IN2O3. The number of methoxy groups -OCH3 is 1. The molecule has 1 aromatic carbocycles. The topological polar surface area (TPSA) is 55.6 Å². The van der Waals surface area contributed by atoms with Crippen molar-refractivity contribution < 1.29 is 9.66 Å². The van der Waals surface area contributed by atoms with Crippen LogP contribution in [-0.4, -0.2) is 31.2 Å². The van der Waals surface area contributed by atoms with E-state index in [-0.39, 0.29) is 10.6 Å². The standard InChI is InChI=1S/C12H15IN2O3/c1-18-7-6-14(9-2-3-9)10-4-5-12(15(16)17)11(13)8-10/h4-5,8-9H,2-3,6-7H2,1H3. The van der Waals surface area contributed by atoms with Gasteiger partial charge >= 0.3 is 0 Å². The van der Waals surface area contributed by atoms with E-state index < -0.39 is 0 Å². The fraction of sp³-hybridized carbons (Fsp3) is 0.500. The average Bonchev–Trinajstić information content (AvgIpc) is 3.13. The number of rotatable bonds is 6. The van der Waals surface area contributed by atoms with Crippen molar-refractivity contribution in [2.24, 2.45) is 0 Å². The molecular weight excluding hydrogens is 347 g/mol. The smallest absolute Gasteiger partial charge is 0.282 e. The van der Waals surface area contributed by atoms with Gasteiger partial charge in [0.05, 0.1) is 15.1 Å². The fourth-order valence-corrected chi connectivity index (χ4v) is 2.62. The van der Waals surface area contributed by atoms with E-state index in [9.17, 15) is 10.1 Å². The van der Waals surface area contributed by atoms with Crippen LogP contribution in [0.15, 0.2) is 18.2 Å². The van der Waals surface area contributed by atoms with Crippen molar-refractivity contribution in [1.82, 2.24) is 0 Å². The Kier molecular flexibility index (Phi) is 4.39. The van der Waals surface area contributed by atoms with Gasteiger partial charge in [0.1, 0.15) is 0 Å². The first kappa shape index (κ1) is 13.5. The Morgan fingerprint density at radius 2 is 2.28 bits per heavy atom. The van der Waals surface area contributed by atoms with E-state index in [0.717, 1.165) is 12.2 Å². The molecule has 0 unspecified atom stereocenters. The Hall–Kier alpha value is -0.890. The first-order valence-electron chi connectivity index (χ1n) is 5.83. The minimum absolute atomic E-state index is 0.168. The molecule has 18 heavy (non-hydrogen) atoms. The summed E-state index contributed by atoms with van der Waals surface area (Å²) in [6.07, 6.45) is 2.38. The van der Waals surface area contributed by atoms with Gasteiger partial charge in [0.15, 0.2) is 0 Å². The molecule has 0 bridgehead atoms. The highest BCUT2D eigenvalue weighted by molar-refractivity contribution is 14.1. The molecule has 1 fully saturated rings. The molecule has 0 amide bonds. The Labute approximate surface area is 119 Å². The van der Waals surface area contributed by atoms with Crippen LogP contribution in [0.2, 0.25) is 0 Å². The number of nitro benzene ring substituents is 1. The summed E-state index contributed by atoms with van der Waals surface area (Å²) in [5.41, 5.74) is 1.21. The van der Waals surface area contributed by atoms with Crippen molar-refractivity contribution in [3.8, 4) is 0 Å². The molecule has 1 aliphatic rings. The molecule has 1 aliphatic carbocycles. The zero-order chi connectivity index (χ0) is 13.1. The van der Waals surface area contributed by atoms with Gasteiger partial charge in [0.25, 0.3) is 5.69 Å². The SMILES string of the molecule is COCCN(c1ccc([N+](=O)[O-])c(I)c1)C1CC1. The molecule has 0 saturated heterocycles. The Morgan fingerprint density at radius 3 is 2.78 bits per heavy atom. The number of ether oxygens (including phenoxy) is 1. The molecule has 1 saturated carbocycles. The van der Waals surface area contributed by atoms with Crippen LogP contribution in [-0.2, 0) is 4.74 Å². The van der Waals surface area contributed by atoms with E-state index in [1.807, 2.05) is 34.7 Å². The second-order valence-electron chi connectivity index (χ2n) is 4.31. The summed E-state index contributed by atoms with van der Waals surface area (Å²) in [5, 5.41) is 10.8. The summed E-state index contributed by atoms with van der Waals surface area (Å²) in [4.78, 5) is 12.7. The van der Waals surface area contributed by atoms with Gasteiger partial charge in [-0.25, -0.2) is 0 Å². The zero-order valence-electron chi connectivity index (χ0n) is 10.1.